The summed E-state index contributed by atoms with van der Waals surface area (Å²) in [4.78, 5) is 27.3. The summed E-state index contributed by atoms with van der Waals surface area (Å²) in [6.45, 7) is 8.58. The first-order chi connectivity index (χ1) is 12.1. The molecule has 0 saturated heterocycles. The average Bonchev–Trinajstić information content (AvgIpc) is 2.88. The summed E-state index contributed by atoms with van der Waals surface area (Å²) in [6.07, 6.45) is 2.78. The van der Waals surface area contributed by atoms with Gasteiger partial charge in [0.05, 0.1) is 5.92 Å². The Balaban J connectivity index is 1.90. The number of allylic oxidation sites excluding steroid dienone is 4. The molecule has 1 aliphatic heterocycles. The molecule has 1 N–H and O–H groups in total. The Bertz CT molecular complexity index is 836. The van der Waals surface area contributed by atoms with Gasteiger partial charge in [-0.25, -0.2) is 0 Å². The molecule has 0 bridgehead atoms. The number of rotatable bonds is 1. The topological polar surface area (TPSA) is 46.2 Å². The van der Waals surface area contributed by atoms with Crippen LogP contribution in [0.3, 0.4) is 0 Å². The quantitative estimate of drug-likeness (QED) is 0.637. The normalized spacial score (nSPS) is 25.1. The van der Waals surface area contributed by atoms with E-state index >= 15 is 0 Å². The van der Waals surface area contributed by atoms with E-state index in [4.69, 9.17) is 0 Å². The molecule has 3 nitrogen and oxygen atoms in total. The third-order valence-corrected chi connectivity index (χ3v) is 7.35. The van der Waals surface area contributed by atoms with Crippen molar-refractivity contribution in [1.29, 1.82) is 0 Å². The van der Waals surface area contributed by atoms with Gasteiger partial charge in [-0.1, -0.05) is 27.7 Å². The SMILES string of the molecule is CC1(C)CC(=O)C2=C(C1)NC1=C(C(=O)CC(C)(C)C1)C2c1cc(Br)cs1. The van der Waals surface area contributed by atoms with Crippen LogP contribution in [0.15, 0.2) is 38.5 Å². The van der Waals surface area contributed by atoms with Gasteiger partial charge in [0.25, 0.3) is 0 Å². The molecule has 0 fully saturated rings. The Morgan fingerprint density at radius 1 is 0.962 bits per heavy atom. The van der Waals surface area contributed by atoms with Gasteiger partial charge in [-0.15, -0.1) is 11.3 Å². The van der Waals surface area contributed by atoms with Gasteiger partial charge in [0.1, 0.15) is 0 Å². The van der Waals surface area contributed by atoms with Crippen LogP contribution in [0.2, 0.25) is 0 Å². The highest BCUT2D eigenvalue weighted by Gasteiger charge is 2.46. The number of carbonyl (C=O) groups is 2. The molecule has 0 radical (unpaired) electrons. The summed E-state index contributed by atoms with van der Waals surface area (Å²) < 4.78 is 1.01. The van der Waals surface area contributed by atoms with Crippen LogP contribution in [-0.2, 0) is 9.59 Å². The maximum atomic E-state index is 13.1. The van der Waals surface area contributed by atoms with Crippen molar-refractivity contribution in [2.75, 3.05) is 0 Å². The Kier molecular flexibility index (Phi) is 4.12. The van der Waals surface area contributed by atoms with Gasteiger partial charge in [-0.3, -0.25) is 9.59 Å². The standard InChI is InChI=1S/C21H24BrNO2S/c1-20(2)6-12-17(14(24)8-20)19(16-5-11(22)10-26-16)18-13(23-12)7-21(3,4)9-15(18)25/h5,10,19,23H,6-9H2,1-4H3. The van der Waals surface area contributed by atoms with Gasteiger partial charge >= 0.3 is 0 Å². The first kappa shape index (κ1) is 18.2. The molecule has 0 spiro atoms. The van der Waals surface area contributed by atoms with E-state index in [2.05, 4.69) is 55.0 Å². The van der Waals surface area contributed by atoms with Crippen molar-refractivity contribution in [1.82, 2.24) is 5.32 Å². The lowest BCUT2D eigenvalue weighted by Gasteiger charge is -2.43. The summed E-state index contributed by atoms with van der Waals surface area (Å²) in [5.41, 5.74) is 3.62. The second-order valence-corrected chi connectivity index (χ2v) is 11.3. The average molecular weight is 434 g/mol. The molecule has 138 valence electrons. The lowest BCUT2D eigenvalue weighted by molar-refractivity contribution is -0.119. The smallest absolute Gasteiger partial charge is 0.162 e. The molecule has 2 heterocycles. The van der Waals surface area contributed by atoms with Crippen molar-refractivity contribution in [2.45, 2.75) is 59.3 Å². The van der Waals surface area contributed by atoms with Crippen molar-refractivity contribution >= 4 is 38.8 Å². The number of halogens is 1. The Hall–Kier alpha value is -1.20. The van der Waals surface area contributed by atoms with Gasteiger partial charge in [0.2, 0.25) is 0 Å². The van der Waals surface area contributed by atoms with E-state index in [1.165, 1.54) is 0 Å². The third-order valence-electron chi connectivity index (χ3n) is 5.59. The summed E-state index contributed by atoms with van der Waals surface area (Å²) in [6, 6.07) is 2.07. The van der Waals surface area contributed by atoms with Gasteiger partial charge in [0, 0.05) is 50.1 Å². The Labute approximate surface area is 167 Å². The number of thiophene rings is 1. The van der Waals surface area contributed by atoms with E-state index in [9.17, 15) is 9.59 Å². The Morgan fingerprint density at radius 2 is 1.46 bits per heavy atom. The van der Waals surface area contributed by atoms with Crippen molar-refractivity contribution in [2.24, 2.45) is 10.8 Å². The molecule has 26 heavy (non-hydrogen) atoms. The fourth-order valence-corrected chi connectivity index (χ4v) is 6.22. The number of Topliss-reactive ketones (excluding diaryl/α,β-unsaturated/α-hetero) is 2. The monoisotopic (exact) mass is 433 g/mol. The van der Waals surface area contributed by atoms with E-state index in [0.717, 1.165) is 44.7 Å². The zero-order valence-electron chi connectivity index (χ0n) is 15.7. The van der Waals surface area contributed by atoms with Gasteiger partial charge < -0.3 is 5.32 Å². The molecular formula is C21H24BrNO2S. The van der Waals surface area contributed by atoms with Crippen molar-refractivity contribution in [3.63, 3.8) is 0 Å². The first-order valence-electron chi connectivity index (χ1n) is 9.10. The molecule has 1 aromatic heterocycles. The van der Waals surface area contributed by atoms with Crippen LogP contribution in [0.1, 0.15) is 64.2 Å². The number of carbonyl (C=O) groups excluding carboxylic acids is 2. The Morgan fingerprint density at radius 3 is 1.88 bits per heavy atom. The van der Waals surface area contributed by atoms with Gasteiger partial charge in [-0.05, 0) is 45.7 Å². The van der Waals surface area contributed by atoms with Gasteiger partial charge in [-0.2, -0.15) is 0 Å². The van der Waals surface area contributed by atoms with E-state index in [1.807, 2.05) is 5.38 Å². The van der Waals surface area contributed by atoms with Crippen molar-refractivity contribution in [3.05, 3.63) is 43.3 Å². The minimum atomic E-state index is -0.204. The lowest BCUT2D eigenvalue weighted by Crippen LogP contribution is -2.42. The molecular weight excluding hydrogens is 410 g/mol. The fourth-order valence-electron chi connectivity index (χ4n) is 4.65. The number of ketones is 2. The number of hydrogen-bond donors (Lipinski definition) is 1. The van der Waals surface area contributed by atoms with Crippen molar-refractivity contribution in [3.8, 4) is 0 Å². The molecule has 0 saturated carbocycles. The summed E-state index contributed by atoms with van der Waals surface area (Å²) in [5.74, 6) is 0.162. The summed E-state index contributed by atoms with van der Waals surface area (Å²) in [7, 11) is 0. The highest BCUT2D eigenvalue weighted by atomic mass is 79.9. The predicted octanol–water partition coefficient (Wildman–Crippen LogP) is 5.48. The van der Waals surface area contributed by atoms with Crippen LogP contribution in [0.4, 0.5) is 0 Å². The molecule has 4 rings (SSSR count). The van der Waals surface area contributed by atoms with Crippen LogP contribution in [0.5, 0.6) is 0 Å². The van der Waals surface area contributed by atoms with Crippen LogP contribution in [-0.4, -0.2) is 11.6 Å². The minimum absolute atomic E-state index is 0.0459. The zero-order valence-corrected chi connectivity index (χ0v) is 18.1. The van der Waals surface area contributed by atoms with Crippen molar-refractivity contribution < 1.29 is 9.59 Å². The molecule has 0 aromatic carbocycles. The molecule has 0 unspecified atom stereocenters. The predicted molar refractivity (Wildman–Crippen MR) is 108 cm³/mol. The number of dihydropyridines is 1. The molecule has 0 amide bonds. The molecule has 1 aromatic rings. The molecule has 3 aliphatic rings. The fraction of sp³-hybridized carbons (Fsp3) is 0.524. The number of nitrogens with one attached hydrogen (secondary N) is 1. The van der Waals surface area contributed by atoms with E-state index in [1.54, 1.807) is 11.3 Å². The summed E-state index contributed by atoms with van der Waals surface area (Å²) >= 11 is 5.16. The first-order valence-corrected chi connectivity index (χ1v) is 10.8. The van der Waals surface area contributed by atoms with E-state index < -0.39 is 0 Å². The van der Waals surface area contributed by atoms with E-state index in [0.29, 0.717) is 12.8 Å². The largest absolute Gasteiger partial charge is 0.362 e. The minimum Gasteiger partial charge on any atom is -0.362 e. The summed E-state index contributed by atoms with van der Waals surface area (Å²) in [5, 5.41) is 5.58. The van der Waals surface area contributed by atoms with Gasteiger partial charge in [0.15, 0.2) is 11.6 Å². The highest BCUT2D eigenvalue weighted by molar-refractivity contribution is 9.10. The van der Waals surface area contributed by atoms with Crippen LogP contribution in [0.25, 0.3) is 0 Å². The van der Waals surface area contributed by atoms with Crippen LogP contribution < -0.4 is 5.32 Å². The lowest BCUT2D eigenvalue weighted by atomic mass is 9.65. The van der Waals surface area contributed by atoms with Crippen LogP contribution in [0, 0.1) is 10.8 Å². The molecule has 5 heteroatoms. The third kappa shape index (κ3) is 3.03. The maximum absolute atomic E-state index is 13.1. The zero-order chi connectivity index (χ0) is 18.9. The second kappa shape index (κ2) is 5.90. The molecule has 2 aliphatic carbocycles. The second-order valence-electron chi connectivity index (χ2n) is 9.39. The molecule has 0 atom stereocenters. The maximum Gasteiger partial charge on any atom is 0.162 e. The number of hydrogen-bond acceptors (Lipinski definition) is 4. The van der Waals surface area contributed by atoms with Crippen LogP contribution >= 0.6 is 27.3 Å². The highest BCUT2D eigenvalue weighted by Crippen LogP contribution is 2.52. The van der Waals surface area contributed by atoms with E-state index in [-0.39, 0.29) is 28.3 Å².